The van der Waals surface area contributed by atoms with Crippen molar-refractivity contribution in [3.8, 4) is 0 Å². The van der Waals surface area contributed by atoms with Crippen LogP contribution in [0.4, 0.5) is 0 Å². The van der Waals surface area contributed by atoms with E-state index in [2.05, 4.69) is 54.4 Å². The molecule has 3 N–H and O–H groups in total. The first-order valence-corrected chi connectivity index (χ1v) is 8.96. The molecule has 23 heavy (non-hydrogen) atoms. The highest BCUT2D eigenvalue weighted by molar-refractivity contribution is 5.11. The van der Waals surface area contributed by atoms with Crippen molar-refractivity contribution in [2.75, 3.05) is 26.7 Å². The Kier molecular flexibility index (Phi) is 8.85. The quantitative estimate of drug-likeness (QED) is 0.484. The third-order valence-corrected chi connectivity index (χ3v) is 4.59. The Labute approximate surface area is 143 Å². The zero-order valence-electron chi connectivity index (χ0n) is 15.4. The topological polar surface area (TPSA) is 39.3 Å². The van der Waals surface area contributed by atoms with Crippen LogP contribution in [-0.4, -0.2) is 43.7 Å². The van der Waals surface area contributed by atoms with E-state index in [9.17, 15) is 0 Å². The average molecular weight is 321 g/mol. The van der Waals surface area contributed by atoms with Gasteiger partial charge >= 0.3 is 0 Å². The van der Waals surface area contributed by atoms with Gasteiger partial charge in [-0.15, -0.1) is 0 Å². The van der Waals surface area contributed by atoms with Gasteiger partial charge in [-0.25, -0.2) is 0 Å². The van der Waals surface area contributed by atoms with Gasteiger partial charge in [0.1, 0.15) is 0 Å². The first-order chi connectivity index (χ1) is 11.0. The second kappa shape index (κ2) is 10.4. The van der Waals surface area contributed by atoms with Gasteiger partial charge in [0.2, 0.25) is 0 Å². The molecule has 0 amide bonds. The minimum atomic E-state index is 0.354. The maximum atomic E-state index is 4.24. The maximum absolute atomic E-state index is 4.24. The summed E-state index contributed by atoms with van der Waals surface area (Å²) in [6.07, 6.45) is 5.84. The van der Waals surface area contributed by atoms with Gasteiger partial charge in [-0.1, -0.05) is 19.7 Å². The summed E-state index contributed by atoms with van der Waals surface area (Å²) < 4.78 is 0. The second-order valence-electron chi connectivity index (χ2n) is 6.43. The molecule has 1 heterocycles. The Morgan fingerprint density at radius 3 is 2.57 bits per heavy atom. The van der Waals surface area contributed by atoms with Gasteiger partial charge in [0.15, 0.2) is 0 Å². The summed E-state index contributed by atoms with van der Waals surface area (Å²) in [6, 6.07) is 0.776. The SMILES string of the molecule is C=C(NCC)C(CCCCNC(=C)C1CCCN1C(=C)C)NC. The monoisotopic (exact) mass is 320 g/mol. The predicted octanol–water partition coefficient (Wildman–Crippen LogP) is 2.97. The van der Waals surface area contributed by atoms with Gasteiger partial charge in [-0.3, -0.25) is 0 Å². The molecule has 132 valence electrons. The fourth-order valence-electron chi connectivity index (χ4n) is 3.27. The molecule has 2 atom stereocenters. The number of nitrogens with one attached hydrogen (secondary N) is 3. The molecule has 0 aliphatic carbocycles. The summed E-state index contributed by atoms with van der Waals surface area (Å²) in [5.74, 6) is 0. The molecule has 1 aliphatic heterocycles. The molecule has 1 fully saturated rings. The number of likely N-dealkylation sites (tertiary alicyclic amines) is 1. The van der Waals surface area contributed by atoms with Gasteiger partial charge in [0.25, 0.3) is 0 Å². The maximum Gasteiger partial charge on any atom is 0.0679 e. The molecule has 0 saturated carbocycles. The van der Waals surface area contributed by atoms with E-state index in [-0.39, 0.29) is 0 Å². The second-order valence-corrected chi connectivity index (χ2v) is 6.43. The molecule has 1 rings (SSSR count). The van der Waals surface area contributed by atoms with Crippen molar-refractivity contribution in [3.63, 3.8) is 0 Å². The van der Waals surface area contributed by atoms with Gasteiger partial charge in [-0.2, -0.15) is 0 Å². The van der Waals surface area contributed by atoms with Crippen LogP contribution in [0.1, 0.15) is 46.0 Å². The Balaban J connectivity index is 2.22. The smallest absolute Gasteiger partial charge is 0.0679 e. The van der Waals surface area contributed by atoms with Crippen molar-refractivity contribution in [2.45, 2.75) is 58.0 Å². The summed E-state index contributed by atoms with van der Waals surface area (Å²) >= 11 is 0. The number of hydrogen-bond acceptors (Lipinski definition) is 4. The van der Waals surface area contributed by atoms with E-state index in [0.717, 1.165) is 49.6 Å². The van der Waals surface area contributed by atoms with Gasteiger partial charge in [0.05, 0.1) is 6.04 Å². The van der Waals surface area contributed by atoms with Crippen LogP contribution >= 0.6 is 0 Å². The molecule has 0 radical (unpaired) electrons. The third kappa shape index (κ3) is 6.30. The van der Waals surface area contributed by atoms with Gasteiger partial charge < -0.3 is 20.9 Å². The summed E-state index contributed by atoms with van der Waals surface area (Å²) in [5.41, 5.74) is 3.39. The Morgan fingerprint density at radius 1 is 1.22 bits per heavy atom. The number of nitrogens with zero attached hydrogens (tertiary/aromatic N) is 1. The number of hydrogen-bond donors (Lipinski definition) is 3. The van der Waals surface area contributed by atoms with E-state index in [4.69, 9.17) is 0 Å². The van der Waals surface area contributed by atoms with Crippen molar-refractivity contribution in [1.29, 1.82) is 0 Å². The summed E-state index contributed by atoms with van der Waals surface area (Å²) in [4.78, 5) is 2.37. The molecule has 1 saturated heterocycles. The van der Waals surface area contributed by atoms with Crippen molar-refractivity contribution < 1.29 is 0 Å². The summed E-state index contributed by atoms with van der Waals surface area (Å²) in [6.45, 7) is 19.6. The van der Waals surface area contributed by atoms with Crippen LogP contribution in [0.25, 0.3) is 0 Å². The molecule has 4 nitrogen and oxygen atoms in total. The Hall–Kier alpha value is -1.42. The predicted molar refractivity (Wildman–Crippen MR) is 101 cm³/mol. The Morgan fingerprint density at radius 2 is 1.96 bits per heavy atom. The third-order valence-electron chi connectivity index (χ3n) is 4.59. The van der Waals surface area contributed by atoms with Crippen molar-refractivity contribution in [3.05, 3.63) is 36.8 Å². The number of rotatable bonds is 12. The van der Waals surface area contributed by atoms with Gasteiger partial charge in [0, 0.05) is 42.8 Å². The van der Waals surface area contributed by atoms with E-state index < -0.39 is 0 Å². The lowest BCUT2D eigenvalue weighted by molar-refractivity contribution is 0.345. The van der Waals surface area contributed by atoms with Crippen LogP contribution in [0, 0.1) is 0 Å². The molecule has 0 aromatic rings. The van der Waals surface area contributed by atoms with Crippen LogP contribution < -0.4 is 16.0 Å². The van der Waals surface area contributed by atoms with E-state index >= 15 is 0 Å². The van der Waals surface area contributed by atoms with Crippen LogP contribution in [-0.2, 0) is 0 Å². The fraction of sp³-hybridized carbons (Fsp3) is 0.684. The highest BCUT2D eigenvalue weighted by Gasteiger charge is 2.25. The molecule has 0 aromatic heterocycles. The molecule has 2 unspecified atom stereocenters. The number of allylic oxidation sites excluding steroid dienone is 1. The van der Waals surface area contributed by atoms with E-state index in [1.165, 1.54) is 19.3 Å². The molecular formula is C19H36N4. The number of unbranched alkanes of at least 4 members (excludes halogenated alkanes) is 1. The zero-order chi connectivity index (χ0) is 17.2. The average Bonchev–Trinajstić information content (AvgIpc) is 3.00. The molecule has 4 heteroatoms. The van der Waals surface area contributed by atoms with Crippen LogP contribution in [0.5, 0.6) is 0 Å². The number of likely N-dealkylation sites (N-methyl/N-ethyl adjacent to an activating group) is 2. The van der Waals surface area contributed by atoms with E-state index in [0.29, 0.717) is 12.1 Å². The first-order valence-electron chi connectivity index (χ1n) is 8.96. The zero-order valence-corrected chi connectivity index (χ0v) is 15.4. The highest BCUT2D eigenvalue weighted by atomic mass is 15.2. The minimum Gasteiger partial charge on any atom is -0.388 e. The standard InChI is InChI=1S/C19H36N4/c1-7-21-16(4)18(20-6)11-8-9-13-22-17(5)19-12-10-14-23(19)15(2)3/h18-22H,2,4-5,7-14H2,1,3,6H3. The molecule has 0 spiro atoms. The Bertz CT molecular complexity index is 402. The van der Waals surface area contributed by atoms with Crippen LogP contribution in [0.15, 0.2) is 36.8 Å². The van der Waals surface area contributed by atoms with E-state index in [1.807, 2.05) is 7.05 Å². The summed E-state index contributed by atoms with van der Waals surface area (Å²) in [5, 5.41) is 10.2. The fourth-order valence-corrected chi connectivity index (χ4v) is 3.27. The molecular weight excluding hydrogens is 284 g/mol. The van der Waals surface area contributed by atoms with Crippen molar-refractivity contribution in [2.24, 2.45) is 0 Å². The van der Waals surface area contributed by atoms with Crippen molar-refractivity contribution in [1.82, 2.24) is 20.9 Å². The molecule has 0 aromatic carbocycles. The van der Waals surface area contributed by atoms with Crippen molar-refractivity contribution >= 4 is 0 Å². The van der Waals surface area contributed by atoms with Gasteiger partial charge in [-0.05, 0) is 53.0 Å². The summed E-state index contributed by atoms with van der Waals surface area (Å²) in [7, 11) is 2.00. The normalized spacial score (nSPS) is 18.6. The lowest BCUT2D eigenvalue weighted by Gasteiger charge is -2.29. The highest BCUT2D eigenvalue weighted by Crippen LogP contribution is 2.24. The van der Waals surface area contributed by atoms with Crippen LogP contribution in [0.3, 0.4) is 0 Å². The molecule has 0 bridgehead atoms. The lowest BCUT2D eigenvalue weighted by Crippen LogP contribution is -2.35. The van der Waals surface area contributed by atoms with E-state index in [1.54, 1.807) is 0 Å². The lowest BCUT2D eigenvalue weighted by atomic mass is 10.1. The molecule has 1 aliphatic rings. The largest absolute Gasteiger partial charge is 0.388 e. The first kappa shape index (κ1) is 19.6. The minimum absolute atomic E-state index is 0.354. The van der Waals surface area contributed by atoms with Crippen LogP contribution in [0.2, 0.25) is 0 Å².